The van der Waals surface area contributed by atoms with Crippen molar-refractivity contribution in [3.63, 3.8) is 0 Å². The van der Waals surface area contributed by atoms with Crippen molar-refractivity contribution >= 4 is 23.2 Å². The van der Waals surface area contributed by atoms with Crippen LogP contribution < -0.4 is 15.7 Å². The second-order valence-electron chi connectivity index (χ2n) is 6.60. The quantitative estimate of drug-likeness (QED) is 0.472. The monoisotopic (exact) mass is 376 g/mol. The Morgan fingerprint density at radius 3 is 2.43 bits per heavy atom. The smallest absolute Gasteiger partial charge is 0.274 e. The third-order valence-corrected chi connectivity index (χ3v) is 4.84. The minimum Gasteiger partial charge on any atom is -0.374 e. The molecule has 0 spiro atoms. The minimum absolute atomic E-state index is 0.0156. The molecule has 3 aromatic rings. The number of nitrogens with one attached hydrogen (secondary N) is 2. The average Bonchev–Trinajstić information content (AvgIpc) is 3.39. The van der Waals surface area contributed by atoms with E-state index in [1.165, 1.54) is 0 Å². The summed E-state index contributed by atoms with van der Waals surface area (Å²) < 4.78 is 2.00. The fourth-order valence-electron chi connectivity index (χ4n) is 3.38. The van der Waals surface area contributed by atoms with Gasteiger partial charge in [-0.15, -0.1) is 0 Å². The van der Waals surface area contributed by atoms with E-state index in [4.69, 9.17) is 5.21 Å². The predicted octanol–water partition coefficient (Wildman–Crippen LogP) is 2.81. The van der Waals surface area contributed by atoms with Crippen LogP contribution >= 0.6 is 0 Å². The molecule has 2 amide bonds. The van der Waals surface area contributed by atoms with Gasteiger partial charge in [-0.25, -0.2) is 5.48 Å². The Hall–Kier alpha value is -3.58. The van der Waals surface area contributed by atoms with Gasteiger partial charge in [-0.1, -0.05) is 6.07 Å². The zero-order valence-electron chi connectivity index (χ0n) is 15.1. The first-order chi connectivity index (χ1) is 13.7. The Balaban J connectivity index is 1.47. The van der Waals surface area contributed by atoms with Gasteiger partial charge < -0.3 is 14.8 Å². The zero-order chi connectivity index (χ0) is 19.5. The molecule has 2 aromatic carbocycles. The lowest BCUT2D eigenvalue weighted by molar-refractivity contribution is -0.117. The van der Waals surface area contributed by atoms with E-state index in [-0.39, 0.29) is 11.9 Å². The van der Waals surface area contributed by atoms with Crippen LogP contribution in [0.25, 0.3) is 5.69 Å². The van der Waals surface area contributed by atoms with Crippen molar-refractivity contribution in [1.82, 2.24) is 10.0 Å². The lowest BCUT2D eigenvalue weighted by atomic mass is 10.1. The van der Waals surface area contributed by atoms with E-state index in [1.807, 2.05) is 53.4 Å². The Morgan fingerprint density at radius 2 is 1.71 bits per heavy atom. The first-order valence-electron chi connectivity index (χ1n) is 9.01. The summed E-state index contributed by atoms with van der Waals surface area (Å²) in [6.07, 6.45) is 4.62. The topological polar surface area (TPSA) is 86.6 Å². The molecule has 0 radical (unpaired) electrons. The third-order valence-electron chi connectivity index (χ3n) is 4.84. The Morgan fingerprint density at radius 1 is 1.00 bits per heavy atom. The molecule has 3 N–H and O–H groups in total. The van der Waals surface area contributed by atoms with Gasteiger partial charge in [-0.3, -0.25) is 14.8 Å². The van der Waals surface area contributed by atoms with Crippen molar-refractivity contribution < 1.29 is 14.8 Å². The summed E-state index contributed by atoms with van der Waals surface area (Å²) in [6, 6.07) is 18.1. The number of hydrogen-bond donors (Lipinski definition) is 3. The Labute approximate surface area is 162 Å². The summed E-state index contributed by atoms with van der Waals surface area (Å²) >= 11 is 0. The molecule has 1 atom stereocenters. The van der Waals surface area contributed by atoms with Crippen LogP contribution in [0.2, 0.25) is 0 Å². The summed E-state index contributed by atoms with van der Waals surface area (Å²) in [5, 5.41) is 11.9. The third kappa shape index (κ3) is 3.47. The van der Waals surface area contributed by atoms with Crippen molar-refractivity contribution in [2.75, 3.05) is 16.8 Å². The van der Waals surface area contributed by atoms with E-state index in [2.05, 4.69) is 5.32 Å². The average molecular weight is 376 g/mol. The van der Waals surface area contributed by atoms with Crippen LogP contribution in [-0.2, 0) is 4.79 Å². The zero-order valence-corrected chi connectivity index (χ0v) is 15.1. The maximum atomic E-state index is 12.9. The van der Waals surface area contributed by atoms with Crippen LogP contribution in [0.5, 0.6) is 0 Å². The summed E-state index contributed by atoms with van der Waals surface area (Å²) in [5.74, 6) is -0.556. The van der Waals surface area contributed by atoms with Gasteiger partial charge in [0.2, 0.25) is 5.91 Å². The maximum Gasteiger partial charge on any atom is 0.274 e. The number of benzene rings is 2. The molecule has 0 bridgehead atoms. The highest BCUT2D eigenvalue weighted by Gasteiger charge is 2.32. The normalized spacial score (nSPS) is 16.2. The van der Waals surface area contributed by atoms with Crippen LogP contribution in [-0.4, -0.2) is 34.2 Å². The van der Waals surface area contributed by atoms with Crippen molar-refractivity contribution in [2.45, 2.75) is 12.5 Å². The van der Waals surface area contributed by atoms with Crippen LogP contribution in [0, 0.1) is 0 Å². The van der Waals surface area contributed by atoms with E-state index in [1.54, 1.807) is 34.6 Å². The van der Waals surface area contributed by atoms with E-state index < -0.39 is 5.91 Å². The van der Waals surface area contributed by atoms with Gasteiger partial charge in [0, 0.05) is 41.6 Å². The van der Waals surface area contributed by atoms with Crippen molar-refractivity contribution in [2.24, 2.45) is 0 Å². The Bertz CT molecular complexity index is 983. The molecule has 1 saturated heterocycles. The fourth-order valence-corrected chi connectivity index (χ4v) is 3.38. The van der Waals surface area contributed by atoms with Crippen LogP contribution in [0.1, 0.15) is 16.8 Å². The second kappa shape index (κ2) is 7.58. The number of hydrogen-bond acceptors (Lipinski definition) is 4. The molecular weight excluding hydrogens is 356 g/mol. The van der Waals surface area contributed by atoms with E-state index in [0.29, 0.717) is 18.5 Å². The first-order valence-corrected chi connectivity index (χ1v) is 9.01. The van der Waals surface area contributed by atoms with Crippen molar-refractivity contribution in [3.8, 4) is 5.69 Å². The largest absolute Gasteiger partial charge is 0.374 e. The number of rotatable bonds is 5. The molecule has 1 unspecified atom stereocenters. The molecule has 1 aliphatic heterocycles. The molecule has 0 saturated carbocycles. The molecule has 142 valence electrons. The van der Waals surface area contributed by atoms with Gasteiger partial charge in [-0.05, 0) is 61.0 Å². The molecule has 1 aromatic heterocycles. The molecule has 0 aliphatic carbocycles. The number of carbonyl (C=O) groups excluding carboxylic acids is 2. The van der Waals surface area contributed by atoms with Gasteiger partial charge in [0.1, 0.15) is 6.04 Å². The molecule has 1 aliphatic rings. The van der Waals surface area contributed by atoms with Gasteiger partial charge in [-0.2, -0.15) is 0 Å². The van der Waals surface area contributed by atoms with Gasteiger partial charge in [0.15, 0.2) is 0 Å². The minimum atomic E-state index is -0.572. The standard InChI is InChI=1S/C21H20N4O3/c26-20(23-28)15-6-8-16(9-7-15)22-19-10-13-25(21(19)27)18-5-3-4-17(14-18)24-11-1-2-12-24/h1-9,11-12,14,19,22,28H,10,13H2,(H,23,26). The van der Waals surface area contributed by atoms with Crippen LogP contribution in [0.15, 0.2) is 73.1 Å². The lowest BCUT2D eigenvalue weighted by Gasteiger charge is -2.19. The number of nitrogens with zero attached hydrogens (tertiary/aromatic N) is 2. The highest BCUT2D eigenvalue weighted by Crippen LogP contribution is 2.26. The summed E-state index contributed by atoms with van der Waals surface area (Å²) in [4.78, 5) is 26.1. The number of aromatic nitrogens is 1. The lowest BCUT2D eigenvalue weighted by Crippen LogP contribution is -2.33. The first kappa shape index (κ1) is 17.8. The van der Waals surface area contributed by atoms with Gasteiger partial charge in [0.25, 0.3) is 5.91 Å². The molecule has 2 heterocycles. The molecule has 7 heteroatoms. The summed E-state index contributed by atoms with van der Waals surface area (Å²) in [7, 11) is 0. The molecular formula is C21H20N4O3. The fraction of sp³-hybridized carbons (Fsp3) is 0.143. The summed E-state index contributed by atoms with van der Waals surface area (Å²) in [5.41, 5.74) is 4.56. The summed E-state index contributed by atoms with van der Waals surface area (Å²) in [6.45, 7) is 0.636. The highest BCUT2D eigenvalue weighted by molar-refractivity contribution is 6.01. The molecule has 4 rings (SSSR count). The molecule has 7 nitrogen and oxygen atoms in total. The number of amides is 2. The Kier molecular flexibility index (Phi) is 4.82. The second-order valence-corrected chi connectivity index (χ2v) is 6.60. The van der Waals surface area contributed by atoms with Crippen LogP contribution in [0.4, 0.5) is 11.4 Å². The van der Waals surface area contributed by atoms with Crippen LogP contribution in [0.3, 0.4) is 0 Å². The number of hydroxylamine groups is 1. The van der Waals surface area contributed by atoms with Crippen molar-refractivity contribution in [3.05, 3.63) is 78.6 Å². The molecule has 1 fully saturated rings. The predicted molar refractivity (Wildman–Crippen MR) is 106 cm³/mol. The SMILES string of the molecule is O=C(NO)c1ccc(NC2CCN(c3cccc(-n4cccc4)c3)C2=O)cc1. The number of anilines is 2. The highest BCUT2D eigenvalue weighted by atomic mass is 16.5. The van der Waals surface area contributed by atoms with E-state index in [9.17, 15) is 9.59 Å². The van der Waals surface area contributed by atoms with E-state index in [0.717, 1.165) is 17.1 Å². The van der Waals surface area contributed by atoms with Gasteiger partial charge >= 0.3 is 0 Å². The van der Waals surface area contributed by atoms with Crippen molar-refractivity contribution in [1.29, 1.82) is 0 Å². The maximum absolute atomic E-state index is 12.9. The van der Waals surface area contributed by atoms with E-state index >= 15 is 0 Å². The molecule has 28 heavy (non-hydrogen) atoms. The van der Waals surface area contributed by atoms with Gasteiger partial charge in [0.05, 0.1) is 0 Å². The number of carbonyl (C=O) groups is 2.